The number of hydrogen-bond donors (Lipinski definition) is 0. The lowest BCUT2D eigenvalue weighted by molar-refractivity contribution is -0.385. The minimum Gasteiger partial charge on any atom is -0.545 e. The highest BCUT2D eigenvalue weighted by Gasteiger charge is 2.48. The lowest BCUT2D eigenvalue weighted by Gasteiger charge is -2.14. The molecule has 230 valence electrons. The van der Waals surface area contributed by atoms with Gasteiger partial charge in [0.15, 0.2) is 0 Å². The highest BCUT2D eigenvalue weighted by molar-refractivity contribution is 7.92. The molecule has 0 aliphatic carbocycles. The highest BCUT2D eigenvalue weighted by Crippen LogP contribution is 2.41. The smallest absolute Gasteiger partial charge is 0.501 e. The first-order chi connectivity index (χ1) is 19.6. The van der Waals surface area contributed by atoms with Crippen LogP contribution in [0.5, 0.6) is 23.0 Å². The molecule has 3 aromatic carbocycles. The minimum absolute atomic E-state index is 0.0120. The first-order valence-electron chi connectivity index (χ1n) is 10.5. The van der Waals surface area contributed by atoms with Crippen LogP contribution in [0, 0.1) is 20.2 Å². The number of alkyl halides is 6. The summed E-state index contributed by atoms with van der Waals surface area (Å²) in [5.74, 6) is -5.20. The molecule has 0 amide bonds. The molecule has 0 saturated carbocycles. The van der Waals surface area contributed by atoms with Gasteiger partial charge in [0.2, 0.25) is 11.5 Å². The number of carbonyl (C=O) groups excluding carboxylic acids is 1. The SMILES string of the molecule is O=C([O-])c1cc(Oc2ccc(S(=O)(=O)C(F)(F)F)cc2[N+](=O)[O-])cc(Oc2ccc(S(=O)(=O)C(F)(F)F)cc2[N+](=O)[O-])c1. The van der Waals surface area contributed by atoms with Gasteiger partial charge in [0.25, 0.3) is 19.7 Å². The van der Waals surface area contributed by atoms with E-state index in [9.17, 15) is 73.3 Å². The van der Waals surface area contributed by atoms with Gasteiger partial charge in [-0.15, -0.1) is 0 Å². The normalized spacial score (nSPS) is 12.4. The van der Waals surface area contributed by atoms with E-state index in [-0.39, 0.29) is 12.1 Å². The molecule has 0 spiro atoms. The van der Waals surface area contributed by atoms with Gasteiger partial charge in [-0.3, -0.25) is 20.2 Å². The zero-order chi connectivity index (χ0) is 32.7. The molecule has 0 aliphatic heterocycles. The number of nitrogens with zero attached hydrogens (tertiary/aromatic N) is 2. The second kappa shape index (κ2) is 11.0. The summed E-state index contributed by atoms with van der Waals surface area (Å²) in [6.45, 7) is 0. The summed E-state index contributed by atoms with van der Waals surface area (Å²) in [4.78, 5) is 28.6. The van der Waals surface area contributed by atoms with Crippen LogP contribution >= 0.6 is 0 Å². The van der Waals surface area contributed by atoms with Crippen LogP contribution in [0.1, 0.15) is 10.4 Å². The van der Waals surface area contributed by atoms with Crippen LogP contribution in [0.4, 0.5) is 37.7 Å². The molecule has 3 rings (SSSR count). The number of halogens is 6. The molecule has 0 aromatic heterocycles. The number of benzene rings is 3. The van der Waals surface area contributed by atoms with Gasteiger partial charge in [-0.05, 0) is 36.4 Å². The van der Waals surface area contributed by atoms with Crippen molar-refractivity contribution in [3.05, 3.63) is 80.4 Å². The van der Waals surface area contributed by atoms with E-state index >= 15 is 0 Å². The average molecular weight is 659 g/mol. The number of rotatable bonds is 9. The first-order valence-corrected chi connectivity index (χ1v) is 13.4. The van der Waals surface area contributed by atoms with E-state index in [4.69, 9.17) is 9.47 Å². The van der Waals surface area contributed by atoms with Gasteiger partial charge in [0.1, 0.15) is 11.5 Å². The Morgan fingerprint density at radius 1 is 0.651 bits per heavy atom. The van der Waals surface area contributed by atoms with E-state index in [1.165, 1.54) is 0 Å². The molecule has 0 heterocycles. The Bertz CT molecular complexity index is 1750. The van der Waals surface area contributed by atoms with E-state index in [1.54, 1.807) is 0 Å². The summed E-state index contributed by atoms with van der Waals surface area (Å²) in [5, 5.41) is 34.3. The number of sulfone groups is 2. The highest BCUT2D eigenvalue weighted by atomic mass is 32.2. The van der Waals surface area contributed by atoms with Crippen molar-refractivity contribution in [2.75, 3.05) is 0 Å². The average Bonchev–Trinajstić information content (AvgIpc) is 2.87. The fraction of sp³-hybridized carbons (Fsp3) is 0.0952. The van der Waals surface area contributed by atoms with Crippen LogP contribution in [0.15, 0.2) is 64.4 Å². The number of ether oxygens (including phenoxy) is 2. The molecule has 0 bridgehead atoms. The monoisotopic (exact) mass is 659 g/mol. The Morgan fingerprint density at radius 2 is 1.00 bits per heavy atom. The molecule has 0 atom stereocenters. The van der Waals surface area contributed by atoms with Crippen molar-refractivity contribution in [3.8, 4) is 23.0 Å². The van der Waals surface area contributed by atoms with Gasteiger partial charge < -0.3 is 19.4 Å². The fourth-order valence-electron chi connectivity index (χ4n) is 3.12. The van der Waals surface area contributed by atoms with Crippen LogP contribution in [0.3, 0.4) is 0 Å². The topological polar surface area (TPSA) is 213 Å². The second-order valence-electron chi connectivity index (χ2n) is 7.86. The van der Waals surface area contributed by atoms with Crippen molar-refractivity contribution in [1.29, 1.82) is 0 Å². The molecule has 0 radical (unpaired) electrons. The van der Waals surface area contributed by atoms with Crippen LogP contribution in [0.2, 0.25) is 0 Å². The summed E-state index contributed by atoms with van der Waals surface area (Å²) < 4.78 is 134. The number of nitro groups is 2. The number of aromatic carboxylic acids is 1. The fourth-order valence-corrected chi connectivity index (χ4v) is 4.68. The van der Waals surface area contributed by atoms with Gasteiger partial charge >= 0.3 is 22.4 Å². The van der Waals surface area contributed by atoms with Crippen molar-refractivity contribution in [2.24, 2.45) is 0 Å². The maximum atomic E-state index is 12.9. The summed E-state index contributed by atoms with van der Waals surface area (Å²) in [7, 11) is -12.1. The van der Waals surface area contributed by atoms with E-state index in [0.29, 0.717) is 42.5 Å². The number of nitro benzene ring substituents is 2. The maximum absolute atomic E-state index is 12.9. The largest absolute Gasteiger partial charge is 0.545 e. The van der Waals surface area contributed by atoms with Gasteiger partial charge in [-0.25, -0.2) is 16.8 Å². The molecule has 0 unspecified atom stereocenters. The van der Waals surface area contributed by atoms with Crippen molar-refractivity contribution >= 4 is 37.0 Å². The second-order valence-corrected chi connectivity index (χ2v) is 11.7. The van der Waals surface area contributed by atoms with E-state index in [0.717, 1.165) is 0 Å². The summed E-state index contributed by atoms with van der Waals surface area (Å²) in [6, 6.07) is 3.48. The van der Waals surface area contributed by atoms with Gasteiger partial charge in [-0.2, -0.15) is 26.3 Å². The summed E-state index contributed by atoms with van der Waals surface area (Å²) >= 11 is 0. The third kappa shape index (κ3) is 6.58. The third-order valence-electron chi connectivity index (χ3n) is 5.06. The van der Waals surface area contributed by atoms with Crippen molar-refractivity contribution in [1.82, 2.24) is 0 Å². The Morgan fingerprint density at radius 3 is 1.28 bits per heavy atom. The molecule has 0 fully saturated rings. The van der Waals surface area contributed by atoms with E-state index < -0.39 is 96.2 Å². The zero-order valence-electron chi connectivity index (χ0n) is 20.1. The Kier molecular flexibility index (Phi) is 8.33. The van der Waals surface area contributed by atoms with Crippen molar-refractivity contribution in [2.45, 2.75) is 20.8 Å². The Labute approximate surface area is 233 Å². The van der Waals surface area contributed by atoms with Crippen molar-refractivity contribution < 1.29 is 72.4 Å². The quantitative estimate of drug-likeness (QED) is 0.181. The lowest BCUT2D eigenvalue weighted by Crippen LogP contribution is -2.23. The van der Waals surface area contributed by atoms with Crippen LogP contribution < -0.4 is 14.6 Å². The Balaban J connectivity index is 2.09. The van der Waals surface area contributed by atoms with E-state index in [1.807, 2.05) is 0 Å². The molecule has 0 aliphatic rings. The molecular weight excluding hydrogens is 650 g/mol. The number of carboxylic acids is 1. The first kappa shape index (κ1) is 32.5. The standard InChI is InChI=1S/C21H10F6N2O12S2/c22-20(23,24)42(36,37)13-1-3-17(15(8-13)28(32)33)40-11-5-10(19(30)31)6-12(7-11)41-18-4-2-14(9-16(18)29(34)35)43(38,39)21(25,26)27/h1-9H,(H,30,31)/p-1. The third-order valence-corrected chi connectivity index (χ3v) is 8.02. The van der Waals surface area contributed by atoms with Crippen LogP contribution in [-0.2, 0) is 19.7 Å². The van der Waals surface area contributed by atoms with Crippen LogP contribution in [0.25, 0.3) is 0 Å². The van der Waals surface area contributed by atoms with Crippen LogP contribution in [-0.4, -0.2) is 43.7 Å². The van der Waals surface area contributed by atoms with Gasteiger partial charge in [-0.1, -0.05) is 0 Å². The van der Waals surface area contributed by atoms with Crippen molar-refractivity contribution in [3.63, 3.8) is 0 Å². The molecule has 43 heavy (non-hydrogen) atoms. The molecule has 14 nitrogen and oxygen atoms in total. The molecular formula is C21H9F6N2O12S2-. The number of hydrogen-bond acceptors (Lipinski definition) is 12. The zero-order valence-corrected chi connectivity index (χ0v) is 21.7. The van der Waals surface area contributed by atoms with E-state index in [2.05, 4.69) is 0 Å². The summed E-state index contributed by atoms with van der Waals surface area (Å²) in [5.41, 5.74) is -15.1. The predicted molar refractivity (Wildman–Crippen MR) is 124 cm³/mol. The van der Waals surface area contributed by atoms with Gasteiger partial charge in [0.05, 0.1) is 25.6 Å². The molecule has 22 heteroatoms. The maximum Gasteiger partial charge on any atom is 0.501 e. The van der Waals surface area contributed by atoms with Gasteiger partial charge in [0, 0.05) is 23.8 Å². The Hall–Kier alpha value is -4.99. The number of carbonyl (C=O) groups is 1. The molecule has 0 saturated heterocycles. The molecule has 0 N–H and O–H groups in total. The lowest BCUT2D eigenvalue weighted by atomic mass is 10.2. The predicted octanol–water partition coefficient (Wildman–Crippen LogP) is 4.04. The minimum atomic E-state index is -6.03. The molecule has 3 aromatic rings. The number of carboxylic acid groups (broad SMARTS) is 1. The summed E-state index contributed by atoms with van der Waals surface area (Å²) in [6.07, 6.45) is 0.